The van der Waals surface area contributed by atoms with Crippen LogP contribution in [0.4, 0.5) is 0 Å². The molecule has 0 heterocycles. The van der Waals surface area contributed by atoms with Crippen LogP contribution in [0.2, 0.25) is 0 Å². The number of benzene rings is 3. The Labute approximate surface area is 195 Å². The number of hydrogen-bond acceptors (Lipinski definition) is 3. The van der Waals surface area contributed by atoms with Crippen molar-refractivity contribution in [3.8, 4) is 5.75 Å². The molecule has 4 rings (SSSR count). The van der Waals surface area contributed by atoms with Gasteiger partial charge in [-0.05, 0) is 36.8 Å². The van der Waals surface area contributed by atoms with Crippen molar-refractivity contribution < 1.29 is 14.3 Å². The number of hydrogen-bond donors (Lipinski definition) is 1. The molecule has 0 aliphatic heterocycles. The third kappa shape index (κ3) is 5.92. The standard InChI is InChI=1S/C28H32N2O3/c1-21(28(32)29-24-15-6-3-7-16-24)30(19-22-11-4-2-5-12-22)27(31)20-33-26-18-10-14-23-13-8-9-17-25(23)26/h2,4-5,8-14,17-18,21,24H,3,6-7,15-16,19-20H2,1H3,(H,29,32)/t21-/m1/s1. The summed E-state index contributed by atoms with van der Waals surface area (Å²) in [5.41, 5.74) is 0.980. The van der Waals surface area contributed by atoms with Gasteiger partial charge in [0, 0.05) is 18.0 Å². The first-order chi connectivity index (χ1) is 16.1. The molecule has 5 nitrogen and oxygen atoms in total. The lowest BCUT2D eigenvalue weighted by atomic mass is 9.95. The van der Waals surface area contributed by atoms with Crippen molar-refractivity contribution in [3.63, 3.8) is 0 Å². The van der Waals surface area contributed by atoms with E-state index in [2.05, 4.69) is 5.32 Å². The van der Waals surface area contributed by atoms with Crippen LogP contribution in [0.25, 0.3) is 10.8 Å². The first-order valence-corrected chi connectivity index (χ1v) is 11.9. The van der Waals surface area contributed by atoms with E-state index in [1.165, 1.54) is 6.42 Å². The molecule has 1 aliphatic rings. The average molecular weight is 445 g/mol. The van der Waals surface area contributed by atoms with Gasteiger partial charge in [0.15, 0.2) is 6.61 Å². The van der Waals surface area contributed by atoms with E-state index in [1.54, 1.807) is 11.8 Å². The van der Waals surface area contributed by atoms with Gasteiger partial charge in [0.05, 0.1) is 0 Å². The third-order valence-corrected chi connectivity index (χ3v) is 6.42. The Hall–Kier alpha value is -3.34. The molecule has 0 spiro atoms. The molecule has 1 saturated carbocycles. The molecule has 0 bridgehead atoms. The largest absolute Gasteiger partial charge is 0.483 e. The van der Waals surface area contributed by atoms with E-state index in [4.69, 9.17) is 4.74 Å². The van der Waals surface area contributed by atoms with Gasteiger partial charge >= 0.3 is 0 Å². The summed E-state index contributed by atoms with van der Waals surface area (Å²) >= 11 is 0. The third-order valence-electron chi connectivity index (χ3n) is 6.42. The molecular formula is C28H32N2O3. The van der Waals surface area contributed by atoms with E-state index in [9.17, 15) is 9.59 Å². The Bertz CT molecular complexity index is 1070. The number of rotatable bonds is 8. The minimum Gasteiger partial charge on any atom is -0.483 e. The summed E-state index contributed by atoms with van der Waals surface area (Å²) in [6, 6.07) is 23.1. The van der Waals surface area contributed by atoms with E-state index >= 15 is 0 Å². The number of nitrogens with one attached hydrogen (secondary N) is 1. The highest BCUT2D eigenvalue weighted by Gasteiger charge is 2.28. The van der Waals surface area contributed by atoms with Gasteiger partial charge in [0.2, 0.25) is 5.91 Å². The van der Waals surface area contributed by atoms with Crippen LogP contribution in [0.1, 0.15) is 44.6 Å². The summed E-state index contributed by atoms with van der Waals surface area (Å²) in [5, 5.41) is 5.19. The van der Waals surface area contributed by atoms with Gasteiger partial charge in [-0.15, -0.1) is 0 Å². The van der Waals surface area contributed by atoms with Crippen molar-refractivity contribution in [1.29, 1.82) is 0 Å². The molecular weight excluding hydrogens is 412 g/mol. The molecule has 0 aromatic heterocycles. The normalized spacial score (nSPS) is 15.1. The van der Waals surface area contributed by atoms with Crippen LogP contribution in [0, 0.1) is 0 Å². The van der Waals surface area contributed by atoms with E-state index in [0.29, 0.717) is 12.3 Å². The lowest BCUT2D eigenvalue weighted by molar-refractivity contribution is -0.142. The molecule has 2 amide bonds. The predicted molar refractivity (Wildman–Crippen MR) is 131 cm³/mol. The number of carbonyl (C=O) groups is 2. The van der Waals surface area contributed by atoms with Gasteiger partial charge in [0.25, 0.3) is 5.91 Å². The molecule has 3 aromatic rings. The van der Waals surface area contributed by atoms with Crippen molar-refractivity contribution in [2.75, 3.05) is 6.61 Å². The highest BCUT2D eigenvalue weighted by Crippen LogP contribution is 2.25. The lowest BCUT2D eigenvalue weighted by Crippen LogP contribution is -2.51. The highest BCUT2D eigenvalue weighted by atomic mass is 16.5. The highest BCUT2D eigenvalue weighted by molar-refractivity contribution is 5.90. The molecule has 0 saturated heterocycles. The van der Waals surface area contributed by atoms with Crippen LogP contribution in [-0.4, -0.2) is 35.4 Å². The number of fused-ring (bicyclic) bond motifs is 1. The second-order valence-electron chi connectivity index (χ2n) is 8.79. The minimum atomic E-state index is -0.587. The smallest absolute Gasteiger partial charge is 0.261 e. The Morgan fingerprint density at radius 3 is 2.42 bits per heavy atom. The van der Waals surface area contributed by atoms with Crippen LogP contribution < -0.4 is 10.1 Å². The molecule has 172 valence electrons. The summed E-state index contributed by atoms with van der Waals surface area (Å²) in [7, 11) is 0. The van der Waals surface area contributed by atoms with Gasteiger partial charge in [-0.1, -0.05) is 86.0 Å². The monoisotopic (exact) mass is 444 g/mol. The van der Waals surface area contributed by atoms with Crippen molar-refractivity contribution in [2.24, 2.45) is 0 Å². The Balaban J connectivity index is 1.48. The number of ether oxygens (including phenoxy) is 1. The fourth-order valence-corrected chi connectivity index (χ4v) is 4.48. The Kier molecular flexibility index (Phi) is 7.61. The van der Waals surface area contributed by atoms with Crippen LogP contribution >= 0.6 is 0 Å². The molecule has 5 heteroatoms. The molecule has 0 unspecified atom stereocenters. The van der Waals surface area contributed by atoms with Crippen LogP contribution in [0.5, 0.6) is 5.75 Å². The van der Waals surface area contributed by atoms with Crippen LogP contribution in [0.15, 0.2) is 72.8 Å². The minimum absolute atomic E-state index is 0.101. The van der Waals surface area contributed by atoms with E-state index < -0.39 is 6.04 Å². The van der Waals surface area contributed by atoms with E-state index in [-0.39, 0.29) is 24.5 Å². The van der Waals surface area contributed by atoms with Crippen molar-refractivity contribution in [2.45, 2.75) is 57.7 Å². The second kappa shape index (κ2) is 11.0. The number of amides is 2. The van der Waals surface area contributed by atoms with Crippen molar-refractivity contribution >= 4 is 22.6 Å². The van der Waals surface area contributed by atoms with Crippen LogP contribution in [-0.2, 0) is 16.1 Å². The van der Waals surface area contributed by atoms with Crippen molar-refractivity contribution in [1.82, 2.24) is 10.2 Å². The Morgan fingerprint density at radius 2 is 1.64 bits per heavy atom. The van der Waals surface area contributed by atoms with Gasteiger partial charge in [-0.25, -0.2) is 0 Å². The van der Waals surface area contributed by atoms with E-state index in [0.717, 1.165) is 42.0 Å². The zero-order valence-electron chi connectivity index (χ0n) is 19.2. The summed E-state index contributed by atoms with van der Waals surface area (Å²) in [4.78, 5) is 28.0. The van der Waals surface area contributed by atoms with Gasteiger partial charge in [-0.2, -0.15) is 0 Å². The Morgan fingerprint density at radius 1 is 0.939 bits per heavy atom. The molecule has 3 aromatic carbocycles. The summed E-state index contributed by atoms with van der Waals surface area (Å²) in [5.74, 6) is 0.356. The number of nitrogens with zero attached hydrogens (tertiary/aromatic N) is 1. The molecule has 0 radical (unpaired) electrons. The SMILES string of the molecule is C[C@H](C(=O)NC1CCCCC1)N(Cc1ccccc1)C(=O)COc1cccc2ccccc12. The van der Waals surface area contributed by atoms with Gasteiger partial charge in [-0.3, -0.25) is 9.59 Å². The quantitative estimate of drug-likeness (QED) is 0.527. The molecule has 1 N–H and O–H groups in total. The fourth-order valence-electron chi connectivity index (χ4n) is 4.48. The van der Waals surface area contributed by atoms with Crippen LogP contribution in [0.3, 0.4) is 0 Å². The molecule has 33 heavy (non-hydrogen) atoms. The zero-order chi connectivity index (χ0) is 23.0. The molecule has 1 aliphatic carbocycles. The fraction of sp³-hybridized carbons (Fsp3) is 0.357. The molecule has 1 fully saturated rings. The summed E-state index contributed by atoms with van der Waals surface area (Å²) in [6.45, 7) is 2.04. The number of carbonyl (C=O) groups excluding carboxylic acids is 2. The second-order valence-corrected chi connectivity index (χ2v) is 8.79. The summed E-state index contributed by atoms with van der Waals surface area (Å²) < 4.78 is 5.96. The maximum atomic E-state index is 13.3. The zero-order valence-corrected chi connectivity index (χ0v) is 19.2. The van der Waals surface area contributed by atoms with E-state index in [1.807, 2.05) is 72.8 Å². The van der Waals surface area contributed by atoms with Gasteiger partial charge in [0.1, 0.15) is 11.8 Å². The molecule has 1 atom stereocenters. The maximum Gasteiger partial charge on any atom is 0.261 e. The summed E-state index contributed by atoms with van der Waals surface area (Å²) in [6.07, 6.45) is 5.53. The maximum absolute atomic E-state index is 13.3. The van der Waals surface area contributed by atoms with Crippen molar-refractivity contribution in [3.05, 3.63) is 78.4 Å². The topological polar surface area (TPSA) is 58.6 Å². The lowest BCUT2D eigenvalue weighted by Gasteiger charge is -2.31. The first kappa shape index (κ1) is 22.8. The first-order valence-electron chi connectivity index (χ1n) is 11.9. The van der Waals surface area contributed by atoms with Gasteiger partial charge < -0.3 is 15.0 Å². The average Bonchev–Trinajstić information content (AvgIpc) is 2.86. The predicted octanol–water partition coefficient (Wildman–Crippen LogP) is 5.08.